The van der Waals surface area contributed by atoms with Crippen LogP contribution in [0.3, 0.4) is 0 Å². The normalized spacial score (nSPS) is 22.0. The summed E-state index contributed by atoms with van der Waals surface area (Å²) in [6.45, 7) is 1.29. The number of hydrogen-bond donors (Lipinski definition) is 1. The number of amides is 1. The highest BCUT2D eigenvalue weighted by Crippen LogP contribution is 2.40. The van der Waals surface area contributed by atoms with Gasteiger partial charge in [0.25, 0.3) is 0 Å². The Labute approximate surface area is 197 Å². The van der Waals surface area contributed by atoms with Gasteiger partial charge in [0.1, 0.15) is 17.2 Å². The van der Waals surface area contributed by atoms with Crippen LogP contribution in [0.5, 0.6) is 0 Å². The third-order valence-corrected chi connectivity index (χ3v) is 6.30. The van der Waals surface area contributed by atoms with Crippen molar-refractivity contribution in [1.29, 1.82) is 0 Å². The molecule has 2 aliphatic rings. The van der Waals surface area contributed by atoms with Gasteiger partial charge >= 0.3 is 6.09 Å². The first kappa shape index (κ1) is 22.9. The number of pyridine rings is 1. The topological polar surface area (TPSA) is 80.2 Å². The molecule has 2 aromatic heterocycles. The Morgan fingerprint density at radius 3 is 2.48 bits per heavy atom. The zero-order chi connectivity index (χ0) is 22.0. The maximum absolute atomic E-state index is 13.9. The van der Waals surface area contributed by atoms with E-state index in [1.165, 1.54) is 6.07 Å². The van der Waals surface area contributed by atoms with E-state index in [-0.39, 0.29) is 24.3 Å². The number of carbonyl (C=O) groups excluding carboxylic acids is 1. The summed E-state index contributed by atoms with van der Waals surface area (Å²) in [7, 11) is 0. The molecule has 1 aliphatic carbocycles. The Hall–Kier alpha value is -3.26. The molecule has 3 heterocycles. The minimum atomic E-state index is -0.428. The van der Waals surface area contributed by atoms with Crippen LogP contribution in [0.25, 0.3) is 11.1 Å². The molecule has 1 saturated carbocycles. The van der Waals surface area contributed by atoms with Gasteiger partial charge in [-0.2, -0.15) is 0 Å². The molecule has 0 atom stereocenters. The van der Waals surface area contributed by atoms with Crippen molar-refractivity contribution in [3.8, 4) is 11.1 Å². The number of ether oxygens (including phenoxy) is 1. The van der Waals surface area contributed by atoms with Gasteiger partial charge in [0.05, 0.1) is 6.54 Å². The van der Waals surface area contributed by atoms with E-state index in [0.717, 1.165) is 32.2 Å². The second kappa shape index (κ2) is 9.70. The highest BCUT2D eigenvalue weighted by molar-refractivity contribution is 5.89. The fourth-order valence-electron chi connectivity index (χ4n) is 4.47. The van der Waals surface area contributed by atoms with E-state index in [1.807, 2.05) is 18.2 Å². The Balaban J connectivity index is 0.00000259. The molecular formula is C24H25ClFN5O2. The smallest absolute Gasteiger partial charge is 0.416 e. The van der Waals surface area contributed by atoms with Gasteiger partial charge < -0.3 is 10.1 Å². The lowest BCUT2D eigenvalue weighted by atomic mass is 9.78. The first-order chi connectivity index (χ1) is 15.6. The second-order valence-electron chi connectivity index (χ2n) is 8.42. The molecule has 1 aliphatic heterocycles. The lowest BCUT2D eigenvalue weighted by Gasteiger charge is -2.35. The van der Waals surface area contributed by atoms with Crippen molar-refractivity contribution < 1.29 is 13.9 Å². The molecule has 0 unspecified atom stereocenters. The van der Waals surface area contributed by atoms with Crippen LogP contribution in [0, 0.1) is 11.7 Å². The van der Waals surface area contributed by atoms with E-state index in [4.69, 9.17) is 4.74 Å². The van der Waals surface area contributed by atoms with E-state index in [1.54, 1.807) is 41.7 Å². The molecule has 9 heteroatoms. The van der Waals surface area contributed by atoms with Gasteiger partial charge in [-0.1, -0.05) is 24.3 Å². The number of halogens is 2. The van der Waals surface area contributed by atoms with E-state index in [9.17, 15) is 9.18 Å². The van der Waals surface area contributed by atoms with Crippen LogP contribution in [0.15, 0.2) is 61.1 Å². The maximum Gasteiger partial charge on any atom is 0.416 e. The predicted molar refractivity (Wildman–Crippen MR) is 126 cm³/mol. The summed E-state index contributed by atoms with van der Waals surface area (Å²) in [5.74, 6) is 1.31. The summed E-state index contributed by atoms with van der Waals surface area (Å²) in [6.07, 6.45) is 8.17. The predicted octanol–water partition coefficient (Wildman–Crippen LogP) is 5.10. The number of anilines is 2. The highest BCUT2D eigenvalue weighted by atomic mass is 35.5. The molecule has 1 spiro atoms. The van der Waals surface area contributed by atoms with Gasteiger partial charge in [-0.15, -0.1) is 12.4 Å². The van der Waals surface area contributed by atoms with Crippen LogP contribution in [0.1, 0.15) is 25.7 Å². The van der Waals surface area contributed by atoms with Crippen molar-refractivity contribution >= 4 is 30.3 Å². The average Bonchev–Trinajstić information content (AvgIpc) is 3.16. The third kappa shape index (κ3) is 4.90. The first-order valence-corrected chi connectivity index (χ1v) is 10.8. The number of hydrogen-bond acceptors (Lipinski definition) is 6. The zero-order valence-corrected chi connectivity index (χ0v) is 18.8. The second-order valence-corrected chi connectivity index (χ2v) is 8.42. The molecule has 0 radical (unpaired) electrons. The summed E-state index contributed by atoms with van der Waals surface area (Å²) in [4.78, 5) is 27.0. The quantitative estimate of drug-likeness (QED) is 0.560. The fourth-order valence-corrected chi connectivity index (χ4v) is 4.47. The number of aromatic nitrogens is 3. The SMILES string of the molecule is Cl.O=C1OC2(CCC(CNc3ncc(-c4ccccc4F)cn3)CC2)CN1c1ccccn1. The summed E-state index contributed by atoms with van der Waals surface area (Å²) < 4.78 is 19.7. The molecule has 1 N–H and O–H groups in total. The Kier molecular flexibility index (Phi) is 6.74. The summed E-state index contributed by atoms with van der Waals surface area (Å²) in [5, 5.41) is 3.29. The molecule has 33 heavy (non-hydrogen) atoms. The summed E-state index contributed by atoms with van der Waals surface area (Å²) >= 11 is 0. The number of benzene rings is 1. The third-order valence-electron chi connectivity index (χ3n) is 6.30. The van der Waals surface area contributed by atoms with Gasteiger partial charge in [-0.05, 0) is 49.8 Å². The van der Waals surface area contributed by atoms with Crippen molar-refractivity contribution in [1.82, 2.24) is 15.0 Å². The fraction of sp³-hybridized carbons (Fsp3) is 0.333. The minimum absolute atomic E-state index is 0. The average molecular weight is 470 g/mol. The van der Waals surface area contributed by atoms with Gasteiger partial charge in [-0.25, -0.2) is 24.1 Å². The highest BCUT2D eigenvalue weighted by Gasteiger charge is 2.47. The molecule has 0 bridgehead atoms. The van der Waals surface area contributed by atoms with Crippen molar-refractivity contribution in [2.45, 2.75) is 31.3 Å². The minimum Gasteiger partial charge on any atom is -0.441 e. The molecule has 2 fully saturated rings. The van der Waals surface area contributed by atoms with E-state index in [2.05, 4.69) is 20.3 Å². The van der Waals surface area contributed by atoms with Crippen LogP contribution in [-0.4, -0.2) is 39.7 Å². The van der Waals surface area contributed by atoms with Gasteiger partial charge in [0, 0.05) is 36.3 Å². The zero-order valence-electron chi connectivity index (χ0n) is 18.0. The molecule has 1 amide bonds. The van der Waals surface area contributed by atoms with Crippen molar-refractivity contribution in [2.75, 3.05) is 23.3 Å². The Morgan fingerprint density at radius 1 is 1.06 bits per heavy atom. The van der Waals surface area contributed by atoms with Crippen LogP contribution in [0.4, 0.5) is 21.0 Å². The number of rotatable bonds is 5. The van der Waals surface area contributed by atoms with Crippen molar-refractivity contribution in [3.05, 3.63) is 66.9 Å². The summed E-state index contributed by atoms with van der Waals surface area (Å²) in [5.41, 5.74) is 0.708. The lowest BCUT2D eigenvalue weighted by Crippen LogP contribution is -2.39. The van der Waals surface area contributed by atoms with E-state index >= 15 is 0 Å². The lowest BCUT2D eigenvalue weighted by molar-refractivity contribution is 0.0148. The molecule has 1 aromatic carbocycles. The Morgan fingerprint density at radius 2 is 1.79 bits per heavy atom. The van der Waals surface area contributed by atoms with E-state index < -0.39 is 5.60 Å². The standard InChI is InChI=1S/C24H24FN5O2.ClH/c25-20-6-2-1-5-19(20)18-14-28-22(29-15-18)27-13-17-8-10-24(11-9-17)16-30(23(31)32-24)21-7-3-4-12-26-21;/h1-7,12,14-15,17H,8-11,13,16H2,(H,27,28,29);1H. The number of carbonyl (C=O) groups is 1. The van der Waals surface area contributed by atoms with Crippen LogP contribution >= 0.6 is 12.4 Å². The Bertz CT molecular complexity index is 1090. The van der Waals surface area contributed by atoms with Gasteiger partial charge in [-0.3, -0.25) is 4.90 Å². The molecule has 7 nitrogen and oxygen atoms in total. The molecule has 5 rings (SSSR count). The monoisotopic (exact) mass is 469 g/mol. The molecule has 172 valence electrons. The van der Waals surface area contributed by atoms with Crippen molar-refractivity contribution in [3.63, 3.8) is 0 Å². The molecule has 1 saturated heterocycles. The van der Waals surface area contributed by atoms with Gasteiger partial charge in [0.15, 0.2) is 0 Å². The largest absolute Gasteiger partial charge is 0.441 e. The van der Waals surface area contributed by atoms with Crippen LogP contribution in [0.2, 0.25) is 0 Å². The van der Waals surface area contributed by atoms with Crippen LogP contribution in [-0.2, 0) is 4.74 Å². The van der Waals surface area contributed by atoms with Crippen LogP contribution < -0.4 is 10.2 Å². The molecular weight excluding hydrogens is 445 g/mol. The molecule has 3 aromatic rings. The number of nitrogens with one attached hydrogen (secondary N) is 1. The van der Waals surface area contributed by atoms with E-state index in [0.29, 0.717) is 35.4 Å². The summed E-state index contributed by atoms with van der Waals surface area (Å²) in [6, 6.07) is 12.1. The maximum atomic E-state index is 13.9. The number of nitrogens with zero attached hydrogens (tertiary/aromatic N) is 4. The van der Waals surface area contributed by atoms with Crippen molar-refractivity contribution in [2.24, 2.45) is 5.92 Å². The van der Waals surface area contributed by atoms with Gasteiger partial charge in [0.2, 0.25) is 5.95 Å². The first-order valence-electron chi connectivity index (χ1n) is 10.8.